The van der Waals surface area contributed by atoms with E-state index < -0.39 is 0 Å². The average molecular weight is 213 g/mol. The molecule has 11 heavy (non-hydrogen) atoms. The maximum absolute atomic E-state index is 3.89. The SMILES string of the molecule is BrCC/C=C/c1cncnc1. The molecule has 0 amide bonds. The van der Waals surface area contributed by atoms with Crippen LogP contribution in [-0.4, -0.2) is 15.3 Å². The highest BCUT2D eigenvalue weighted by molar-refractivity contribution is 9.09. The monoisotopic (exact) mass is 212 g/mol. The fourth-order valence-electron chi connectivity index (χ4n) is 0.679. The fourth-order valence-corrected chi connectivity index (χ4v) is 0.943. The van der Waals surface area contributed by atoms with Gasteiger partial charge in [0.15, 0.2) is 0 Å². The van der Waals surface area contributed by atoms with Crippen LogP contribution in [0.25, 0.3) is 6.08 Å². The topological polar surface area (TPSA) is 25.8 Å². The second-order valence-electron chi connectivity index (χ2n) is 2.05. The molecule has 0 unspecified atom stereocenters. The molecule has 0 atom stereocenters. The van der Waals surface area contributed by atoms with E-state index in [4.69, 9.17) is 0 Å². The zero-order valence-corrected chi connectivity index (χ0v) is 7.66. The van der Waals surface area contributed by atoms with Crippen molar-refractivity contribution in [1.29, 1.82) is 0 Å². The molecule has 0 aliphatic rings. The molecule has 0 saturated carbocycles. The van der Waals surface area contributed by atoms with Crippen LogP contribution in [0.5, 0.6) is 0 Å². The zero-order chi connectivity index (χ0) is 7.94. The zero-order valence-electron chi connectivity index (χ0n) is 6.07. The standard InChI is InChI=1S/C8H9BrN2/c9-4-2-1-3-8-5-10-7-11-6-8/h1,3,5-7H,2,4H2/b3-1+. The first-order valence-electron chi connectivity index (χ1n) is 3.41. The van der Waals surface area contributed by atoms with Crippen molar-refractivity contribution in [2.75, 3.05) is 5.33 Å². The largest absolute Gasteiger partial charge is 0.244 e. The number of alkyl halides is 1. The van der Waals surface area contributed by atoms with Gasteiger partial charge in [0.05, 0.1) is 0 Å². The molecule has 1 heterocycles. The number of rotatable bonds is 3. The third-order valence-electron chi connectivity index (χ3n) is 1.17. The predicted molar refractivity (Wildman–Crippen MR) is 49.5 cm³/mol. The Labute approximate surface area is 74.5 Å². The Morgan fingerprint density at radius 1 is 1.36 bits per heavy atom. The molecule has 1 aromatic rings. The van der Waals surface area contributed by atoms with Crippen LogP contribution < -0.4 is 0 Å². The number of halogens is 1. The lowest BCUT2D eigenvalue weighted by Gasteiger charge is -1.88. The Kier molecular flexibility index (Phi) is 3.83. The minimum absolute atomic E-state index is 0.997. The number of aromatic nitrogens is 2. The Morgan fingerprint density at radius 3 is 2.73 bits per heavy atom. The van der Waals surface area contributed by atoms with Crippen LogP contribution in [0, 0.1) is 0 Å². The molecule has 3 heteroatoms. The lowest BCUT2D eigenvalue weighted by atomic mass is 10.3. The first-order chi connectivity index (χ1) is 5.43. The number of allylic oxidation sites excluding steroid dienone is 1. The van der Waals surface area contributed by atoms with Gasteiger partial charge in [0.1, 0.15) is 6.33 Å². The number of nitrogens with zero attached hydrogens (tertiary/aromatic N) is 2. The molecule has 0 saturated heterocycles. The van der Waals surface area contributed by atoms with Crippen molar-refractivity contribution in [3.05, 3.63) is 30.4 Å². The molecule has 2 nitrogen and oxygen atoms in total. The molecule has 0 aliphatic carbocycles. The van der Waals surface area contributed by atoms with Crippen LogP contribution in [0.1, 0.15) is 12.0 Å². The Bertz CT molecular complexity index is 221. The lowest BCUT2D eigenvalue weighted by Crippen LogP contribution is -1.77. The lowest BCUT2D eigenvalue weighted by molar-refractivity contribution is 1.16. The van der Waals surface area contributed by atoms with Crippen LogP contribution in [0.15, 0.2) is 24.8 Å². The van der Waals surface area contributed by atoms with Crippen molar-refractivity contribution in [3.8, 4) is 0 Å². The molecule has 0 N–H and O–H groups in total. The quantitative estimate of drug-likeness (QED) is 0.719. The van der Waals surface area contributed by atoms with E-state index in [0.717, 1.165) is 17.3 Å². The average Bonchev–Trinajstić information content (AvgIpc) is 2.07. The summed E-state index contributed by atoms with van der Waals surface area (Å²) in [5.74, 6) is 0. The van der Waals surface area contributed by atoms with E-state index in [2.05, 4.69) is 32.0 Å². The summed E-state index contributed by atoms with van der Waals surface area (Å²) in [5.41, 5.74) is 1.05. The van der Waals surface area contributed by atoms with Crippen molar-refractivity contribution in [3.63, 3.8) is 0 Å². The van der Waals surface area contributed by atoms with E-state index in [1.54, 1.807) is 12.4 Å². The number of hydrogen-bond donors (Lipinski definition) is 0. The van der Waals surface area contributed by atoms with Crippen LogP contribution in [0.2, 0.25) is 0 Å². The maximum atomic E-state index is 3.89. The van der Waals surface area contributed by atoms with Crippen molar-refractivity contribution >= 4 is 22.0 Å². The first kappa shape index (κ1) is 8.40. The van der Waals surface area contributed by atoms with Gasteiger partial charge in [-0.2, -0.15) is 0 Å². The van der Waals surface area contributed by atoms with Crippen LogP contribution in [0.3, 0.4) is 0 Å². The van der Waals surface area contributed by atoms with E-state index in [0.29, 0.717) is 0 Å². The van der Waals surface area contributed by atoms with Gasteiger partial charge in [-0.15, -0.1) is 0 Å². The van der Waals surface area contributed by atoms with Gasteiger partial charge in [-0.05, 0) is 6.42 Å². The summed E-state index contributed by atoms with van der Waals surface area (Å²) in [4.78, 5) is 7.78. The van der Waals surface area contributed by atoms with E-state index >= 15 is 0 Å². The Balaban J connectivity index is 2.50. The fraction of sp³-hybridized carbons (Fsp3) is 0.250. The van der Waals surface area contributed by atoms with Gasteiger partial charge >= 0.3 is 0 Å². The molecule has 1 rings (SSSR count). The molecular weight excluding hydrogens is 204 g/mol. The second-order valence-corrected chi connectivity index (χ2v) is 2.84. The van der Waals surface area contributed by atoms with Crippen molar-refractivity contribution in [2.45, 2.75) is 6.42 Å². The second kappa shape index (κ2) is 5.02. The van der Waals surface area contributed by atoms with E-state index in [1.807, 2.05) is 6.08 Å². The van der Waals surface area contributed by atoms with Gasteiger partial charge in [0.2, 0.25) is 0 Å². The summed E-state index contributed by atoms with van der Waals surface area (Å²) < 4.78 is 0. The molecule has 0 spiro atoms. The molecule has 1 aromatic heterocycles. The summed E-state index contributed by atoms with van der Waals surface area (Å²) in [6.45, 7) is 0. The third-order valence-corrected chi connectivity index (χ3v) is 1.62. The molecule has 0 radical (unpaired) electrons. The highest BCUT2D eigenvalue weighted by atomic mass is 79.9. The number of hydrogen-bond acceptors (Lipinski definition) is 2. The van der Waals surface area contributed by atoms with Crippen molar-refractivity contribution in [2.24, 2.45) is 0 Å². The molecule has 0 bridgehead atoms. The highest BCUT2D eigenvalue weighted by Gasteiger charge is 1.82. The summed E-state index contributed by atoms with van der Waals surface area (Å²) in [7, 11) is 0. The van der Waals surface area contributed by atoms with Crippen LogP contribution >= 0.6 is 15.9 Å². The normalized spacial score (nSPS) is 10.6. The summed E-state index contributed by atoms with van der Waals surface area (Å²) in [6.07, 6.45) is 10.3. The van der Waals surface area contributed by atoms with Crippen molar-refractivity contribution < 1.29 is 0 Å². The van der Waals surface area contributed by atoms with E-state index in [9.17, 15) is 0 Å². The minimum Gasteiger partial charge on any atom is -0.244 e. The van der Waals surface area contributed by atoms with Crippen LogP contribution in [0.4, 0.5) is 0 Å². The van der Waals surface area contributed by atoms with Gasteiger partial charge in [0.25, 0.3) is 0 Å². The first-order valence-corrected chi connectivity index (χ1v) is 4.53. The summed E-state index contributed by atoms with van der Waals surface area (Å²) in [6, 6.07) is 0. The van der Waals surface area contributed by atoms with Gasteiger partial charge in [-0.1, -0.05) is 28.1 Å². The predicted octanol–water partition coefficient (Wildman–Crippen LogP) is 2.27. The summed E-state index contributed by atoms with van der Waals surface area (Å²) >= 11 is 3.34. The molecule has 0 aromatic carbocycles. The van der Waals surface area contributed by atoms with Gasteiger partial charge in [-0.3, -0.25) is 0 Å². The summed E-state index contributed by atoms with van der Waals surface area (Å²) in [5, 5.41) is 0.997. The Morgan fingerprint density at radius 2 is 2.09 bits per heavy atom. The van der Waals surface area contributed by atoms with Crippen molar-refractivity contribution in [1.82, 2.24) is 9.97 Å². The molecular formula is C8H9BrN2. The highest BCUT2D eigenvalue weighted by Crippen LogP contribution is 1.98. The van der Waals surface area contributed by atoms with Gasteiger partial charge in [-0.25, -0.2) is 9.97 Å². The minimum atomic E-state index is 0.997. The maximum Gasteiger partial charge on any atom is 0.115 e. The molecule has 0 fully saturated rings. The smallest absolute Gasteiger partial charge is 0.115 e. The molecule has 0 aliphatic heterocycles. The van der Waals surface area contributed by atoms with E-state index in [1.165, 1.54) is 6.33 Å². The van der Waals surface area contributed by atoms with E-state index in [-0.39, 0.29) is 0 Å². The third kappa shape index (κ3) is 3.28. The Hall–Kier alpha value is -0.700. The van der Waals surface area contributed by atoms with Gasteiger partial charge < -0.3 is 0 Å². The van der Waals surface area contributed by atoms with Gasteiger partial charge in [0, 0.05) is 23.3 Å². The van der Waals surface area contributed by atoms with Crippen LogP contribution in [-0.2, 0) is 0 Å². The molecule has 58 valence electrons.